The summed E-state index contributed by atoms with van der Waals surface area (Å²) in [4.78, 5) is 25.3. The topological polar surface area (TPSA) is 43.4 Å². The highest BCUT2D eigenvalue weighted by atomic mass is 16.5. The summed E-state index contributed by atoms with van der Waals surface area (Å²) in [6.07, 6.45) is 3.31. The van der Waals surface area contributed by atoms with E-state index >= 15 is 0 Å². The van der Waals surface area contributed by atoms with Gasteiger partial charge in [0, 0.05) is 6.42 Å². The first-order valence-electron chi connectivity index (χ1n) is 8.15. The molecule has 0 unspecified atom stereocenters. The number of esters is 1. The standard InChI is InChI=1S/C19H26O3/c1-14(2)16-9-10-17(20)19(12-11-16,18(21)22-3)13-15-7-5-4-6-8-15/h4-8,14,16H,9-13H2,1-3H3/t16-,19-/m0/s1. The number of ether oxygens (including phenoxy) is 1. The van der Waals surface area contributed by atoms with Gasteiger partial charge in [0.1, 0.15) is 5.41 Å². The fourth-order valence-corrected chi connectivity index (χ4v) is 3.55. The van der Waals surface area contributed by atoms with Crippen molar-refractivity contribution < 1.29 is 14.3 Å². The Labute approximate surface area is 133 Å². The fourth-order valence-electron chi connectivity index (χ4n) is 3.55. The molecule has 0 aliphatic heterocycles. The molecule has 1 saturated carbocycles. The smallest absolute Gasteiger partial charge is 0.319 e. The van der Waals surface area contributed by atoms with E-state index in [1.54, 1.807) is 0 Å². The van der Waals surface area contributed by atoms with Gasteiger partial charge < -0.3 is 4.74 Å². The first kappa shape index (κ1) is 16.7. The van der Waals surface area contributed by atoms with Crippen molar-refractivity contribution >= 4 is 11.8 Å². The van der Waals surface area contributed by atoms with Gasteiger partial charge in [0.05, 0.1) is 7.11 Å². The number of rotatable bonds is 4. The first-order valence-corrected chi connectivity index (χ1v) is 8.15. The van der Waals surface area contributed by atoms with E-state index in [4.69, 9.17) is 4.74 Å². The number of carbonyl (C=O) groups excluding carboxylic acids is 2. The number of hydrogen-bond donors (Lipinski definition) is 0. The molecular weight excluding hydrogens is 276 g/mol. The SMILES string of the molecule is COC(=O)[C@]1(Cc2ccccc2)CC[C@@H](C(C)C)CCC1=O. The van der Waals surface area contributed by atoms with Gasteiger partial charge in [0.2, 0.25) is 0 Å². The molecular formula is C19H26O3. The molecule has 0 bridgehead atoms. The van der Waals surface area contributed by atoms with Crippen LogP contribution in [0.15, 0.2) is 30.3 Å². The van der Waals surface area contributed by atoms with Crippen molar-refractivity contribution in [3.05, 3.63) is 35.9 Å². The minimum Gasteiger partial charge on any atom is -0.468 e. The van der Waals surface area contributed by atoms with Gasteiger partial charge in [-0.1, -0.05) is 44.2 Å². The molecule has 0 heterocycles. The highest BCUT2D eigenvalue weighted by molar-refractivity contribution is 6.04. The highest BCUT2D eigenvalue weighted by Gasteiger charge is 2.48. The Morgan fingerprint density at radius 1 is 1.27 bits per heavy atom. The van der Waals surface area contributed by atoms with E-state index in [1.807, 2.05) is 30.3 Å². The lowest BCUT2D eigenvalue weighted by atomic mass is 9.74. The zero-order valence-electron chi connectivity index (χ0n) is 13.8. The van der Waals surface area contributed by atoms with E-state index in [0.717, 1.165) is 18.4 Å². The second-order valence-electron chi connectivity index (χ2n) is 6.74. The van der Waals surface area contributed by atoms with Gasteiger partial charge in [-0.25, -0.2) is 0 Å². The molecule has 1 aromatic rings. The number of Topliss-reactive ketones (excluding diaryl/α,β-unsaturated/α-hetero) is 1. The predicted octanol–water partition coefficient (Wildman–Crippen LogP) is 3.80. The van der Waals surface area contributed by atoms with Gasteiger partial charge in [0.25, 0.3) is 0 Å². The van der Waals surface area contributed by atoms with Crippen LogP contribution in [-0.2, 0) is 20.7 Å². The Balaban J connectivity index is 2.32. The van der Waals surface area contributed by atoms with Crippen molar-refractivity contribution in [3.63, 3.8) is 0 Å². The third-order valence-electron chi connectivity index (χ3n) is 5.09. The van der Waals surface area contributed by atoms with Crippen LogP contribution in [0.1, 0.15) is 45.1 Å². The lowest BCUT2D eigenvalue weighted by Gasteiger charge is -2.28. The molecule has 3 nitrogen and oxygen atoms in total. The molecule has 0 spiro atoms. The van der Waals surface area contributed by atoms with Crippen LogP contribution in [0.5, 0.6) is 0 Å². The first-order chi connectivity index (χ1) is 10.5. The summed E-state index contributed by atoms with van der Waals surface area (Å²) in [5, 5.41) is 0. The van der Waals surface area contributed by atoms with Crippen LogP contribution in [0.2, 0.25) is 0 Å². The zero-order chi connectivity index (χ0) is 16.2. The second-order valence-corrected chi connectivity index (χ2v) is 6.74. The maximum absolute atomic E-state index is 12.8. The summed E-state index contributed by atoms with van der Waals surface area (Å²) < 4.78 is 5.03. The molecule has 1 fully saturated rings. The summed E-state index contributed by atoms with van der Waals surface area (Å²) >= 11 is 0. The van der Waals surface area contributed by atoms with Gasteiger partial charge in [-0.05, 0) is 43.1 Å². The third-order valence-corrected chi connectivity index (χ3v) is 5.09. The van der Waals surface area contributed by atoms with Crippen LogP contribution >= 0.6 is 0 Å². The van der Waals surface area contributed by atoms with Gasteiger partial charge in [0.15, 0.2) is 5.78 Å². The lowest BCUT2D eigenvalue weighted by molar-refractivity contribution is -0.158. The number of ketones is 1. The van der Waals surface area contributed by atoms with E-state index in [2.05, 4.69) is 13.8 Å². The predicted molar refractivity (Wildman–Crippen MR) is 86.4 cm³/mol. The van der Waals surface area contributed by atoms with Crippen LogP contribution in [0.25, 0.3) is 0 Å². The van der Waals surface area contributed by atoms with Crippen molar-refractivity contribution in [2.45, 2.75) is 46.0 Å². The lowest BCUT2D eigenvalue weighted by Crippen LogP contribution is -2.41. The number of carbonyl (C=O) groups is 2. The van der Waals surface area contributed by atoms with E-state index in [0.29, 0.717) is 31.1 Å². The minimum atomic E-state index is -1.00. The zero-order valence-corrected chi connectivity index (χ0v) is 13.8. The quantitative estimate of drug-likeness (QED) is 0.482. The van der Waals surface area contributed by atoms with Crippen LogP contribution in [-0.4, -0.2) is 18.9 Å². The molecule has 0 amide bonds. The molecule has 1 aromatic carbocycles. The molecule has 0 aromatic heterocycles. The molecule has 120 valence electrons. The average Bonchev–Trinajstić information content (AvgIpc) is 2.68. The van der Waals surface area contributed by atoms with Crippen molar-refractivity contribution in [3.8, 4) is 0 Å². The highest BCUT2D eigenvalue weighted by Crippen LogP contribution is 2.40. The van der Waals surface area contributed by atoms with Crippen LogP contribution in [0.3, 0.4) is 0 Å². The molecule has 0 radical (unpaired) electrons. The summed E-state index contributed by atoms with van der Waals surface area (Å²) in [6.45, 7) is 4.38. The summed E-state index contributed by atoms with van der Waals surface area (Å²) in [5.41, 5.74) is 0.0176. The normalized spacial score (nSPS) is 25.8. The summed E-state index contributed by atoms with van der Waals surface area (Å²) in [5.74, 6) is 0.723. The Bertz CT molecular complexity index is 521. The van der Waals surface area contributed by atoms with Gasteiger partial charge in [-0.15, -0.1) is 0 Å². The van der Waals surface area contributed by atoms with Crippen molar-refractivity contribution in [2.24, 2.45) is 17.3 Å². The van der Waals surface area contributed by atoms with Gasteiger partial charge >= 0.3 is 5.97 Å². The van der Waals surface area contributed by atoms with E-state index in [1.165, 1.54) is 7.11 Å². The van der Waals surface area contributed by atoms with Gasteiger partial charge in [-0.3, -0.25) is 9.59 Å². The molecule has 2 rings (SSSR count). The Hall–Kier alpha value is -1.64. The Kier molecular flexibility index (Phi) is 5.38. The monoisotopic (exact) mass is 302 g/mol. The molecule has 22 heavy (non-hydrogen) atoms. The van der Waals surface area contributed by atoms with Crippen LogP contribution in [0, 0.1) is 17.3 Å². The summed E-state index contributed by atoms with van der Waals surface area (Å²) in [6, 6.07) is 9.78. The largest absolute Gasteiger partial charge is 0.468 e. The number of benzene rings is 1. The average molecular weight is 302 g/mol. The third kappa shape index (κ3) is 3.40. The van der Waals surface area contributed by atoms with Crippen molar-refractivity contribution in [2.75, 3.05) is 7.11 Å². The van der Waals surface area contributed by atoms with Crippen molar-refractivity contribution in [1.29, 1.82) is 0 Å². The number of methoxy groups -OCH3 is 1. The van der Waals surface area contributed by atoms with Crippen LogP contribution in [0.4, 0.5) is 0 Å². The Morgan fingerprint density at radius 3 is 2.55 bits per heavy atom. The van der Waals surface area contributed by atoms with Crippen LogP contribution < -0.4 is 0 Å². The molecule has 2 atom stereocenters. The molecule has 0 saturated heterocycles. The van der Waals surface area contributed by atoms with Gasteiger partial charge in [-0.2, -0.15) is 0 Å². The maximum atomic E-state index is 12.8. The molecule has 1 aliphatic carbocycles. The van der Waals surface area contributed by atoms with E-state index in [-0.39, 0.29) is 11.8 Å². The van der Waals surface area contributed by atoms with Crippen molar-refractivity contribution in [1.82, 2.24) is 0 Å². The summed E-state index contributed by atoms with van der Waals surface area (Å²) in [7, 11) is 1.38. The molecule has 3 heteroatoms. The maximum Gasteiger partial charge on any atom is 0.319 e. The van der Waals surface area contributed by atoms with E-state index in [9.17, 15) is 9.59 Å². The van der Waals surface area contributed by atoms with E-state index < -0.39 is 5.41 Å². The fraction of sp³-hybridized carbons (Fsp3) is 0.579. The minimum absolute atomic E-state index is 0.0475. The Morgan fingerprint density at radius 2 is 1.95 bits per heavy atom. The molecule has 1 aliphatic rings. The number of hydrogen-bond acceptors (Lipinski definition) is 3. The molecule has 0 N–H and O–H groups in total. The second kappa shape index (κ2) is 7.08.